The molecule has 4 heteroatoms. The molecule has 0 aliphatic carbocycles. The summed E-state index contributed by atoms with van der Waals surface area (Å²) in [6.45, 7) is 2.03. The lowest BCUT2D eigenvalue weighted by atomic mass is 10.1. The predicted molar refractivity (Wildman–Crippen MR) is 82.2 cm³/mol. The number of carbonyl (C=O) groups excluding carboxylic acids is 1. The third-order valence-corrected chi connectivity index (χ3v) is 3.66. The van der Waals surface area contributed by atoms with Crippen LogP contribution in [0.1, 0.15) is 28.4 Å². The van der Waals surface area contributed by atoms with Gasteiger partial charge in [-0.25, -0.2) is 4.39 Å². The number of aromatic nitrogens is 1. The van der Waals surface area contributed by atoms with Gasteiger partial charge >= 0.3 is 0 Å². The van der Waals surface area contributed by atoms with Gasteiger partial charge in [0.05, 0.1) is 11.6 Å². The molecule has 0 fully saturated rings. The lowest BCUT2D eigenvalue weighted by Crippen LogP contribution is -1.98. The van der Waals surface area contributed by atoms with Crippen LogP contribution >= 0.6 is 0 Å². The molecule has 3 aromatic rings. The summed E-state index contributed by atoms with van der Waals surface area (Å²) in [6, 6.07) is 13.8. The van der Waals surface area contributed by atoms with Crippen molar-refractivity contribution in [1.29, 1.82) is 5.26 Å². The van der Waals surface area contributed by atoms with E-state index in [2.05, 4.69) is 6.07 Å². The van der Waals surface area contributed by atoms with Crippen LogP contribution < -0.4 is 0 Å². The number of carbonyl (C=O) groups is 1. The Hall–Kier alpha value is -2.93. The third kappa shape index (κ3) is 2.49. The fourth-order valence-electron chi connectivity index (χ4n) is 2.56. The Balaban J connectivity index is 2.06. The van der Waals surface area contributed by atoms with E-state index in [4.69, 9.17) is 5.26 Å². The van der Waals surface area contributed by atoms with Crippen LogP contribution in [0, 0.1) is 17.1 Å². The number of halogens is 1. The summed E-state index contributed by atoms with van der Waals surface area (Å²) in [5, 5.41) is 9.45. The van der Waals surface area contributed by atoms with E-state index in [0.717, 1.165) is 11.1 Å². The number of benzene rings is 2. The number of nitrogens with zero attached hydrogens (tertiary/aromatic N) is 2. The van der Waals surface area contributed by atoms with Crippen LogP contribution in [0.3, 0.4) is 0 Å². The molecule has 1 aromatic heterocycles. The zero-order valence-electron chi connectivity index (χ0n) is 12.0. The van der Waals surface area contributed by atoms with E-state index in [1.165, 1.54) is 19.1 Å². The molecular formula is C18H13FN2O. The zero-order valence-corrected chi connectivity index (χ0v) is 12.0. The summed E-state index contributed by atoms with van der Waals surface area (Å²) in [5.74, 6) is -0.444. The molecule has 2 aromatic carbocycles. The van der Waals surface area contributed by atoms with Crippen LogP contribution in [-0.4, -0.2) is 10.4 Å². The second kappa shape index (κ2) is 5.45. The predicted octanol–water partition coefficient (Wildman–Crippen LogP) is 3.90. The molecule has 0 bridgehead atoms. The SMILES string of the molecule is CC(=O)c1cn(Cc2ccc(C#N)cc2)c2ccc(F)cc12. The number of hydrogen-bond donors (Lipinski definition) is 0. The first kappa shape index (κ1) is 14.0. The lowest BCUT2D eigenvalue weighted by Gasteiger charge is -2.05. The summed E-state index contributed by atoms with van der Waals surface area (Å²) in [5.41, 5.74) is 2.95. The van der Waals surface area contributed by atoms with E-state index >= 15 is 0 Å². The molecule has 0 atom stereocenters. The van der Waals surface area contributed by atoms with Crippen LogP contribution in [0.5, 0.6) is 0 Å². The Morgan fingerprint density at radius 2 is 1.95 bits per heavy atom. The largest absolute Gasteiger partial charge is 0.342 e. The smallest absolute Gasteiger partial charge is 0.161 e. The van der Waals surface area contributed by atoms with Crippen molar-refractivity contribution in [3.63, 3.8) is 0 Å². The minimum atomic E-state index is -0.355. The van der Waals surface area contributed by atoms with Crippen molar-refractivity contribution >= 4 is 16.7 Å². The normalized spacial score (nSPS) is 10.6. The van der Waals surface area contributed by atoms with Gasteiger partial charge in [-0.15, -0.1) is 0 Å². The fourth-order valence-corrected chi connectivity index (χ4v) is 2.56. The Labute approximate surface area is 127 Å². The molecule has 0 amide bonds. The molecule has 0 N–H and O–H groups in total. The number of nitriles is 1. The number of Topliss-reactive ketones (excluding diaryl/α,β-unsaturated/α-hetero) is 1. The minimum absolute atomic E-state index is 0.0887. The number of hydrogen-bond acceptors (Lipinski definition) is 2. The standard InChI is InChI=1S/C18H13FN2O/c1-12(22)17-11-21(18-7-6-15(19)8-16(17)18)10-14-4-2-13(9-20)3-5-14/h2-8,11H,10H2,1H3. The van der Waals surface area contributed by atoms with Gasteiger partial charge < -0.3 is 4.57 Å². The molecule has 0 aliphatic heterocycles. The molecule has 0 saturated carbocycles. The van der Waals surface area contributed by atoms with Crippen molar-refractivity contribution in [3.05, 3.63) is 71.2 Å². The number of rotatable bonds is 3. The topological polar surface area (TPSA) is 45.8 Å². The maximum absolute atomic E-state index is 13.4. The van der Waals surface area contributed by atoms with Gasteiger partial charge in [-0.2, -0.15) is 5.26 Å². The second-order valence-corrected chi connectivity index (χ2v) is 5.20. The Kier molecular flexibility index (Phi) is 3.48. The van der Waals surface area contributed by atoms with Crippen molar-refractivity contribution < 1.29 is 9.18 Å². The highest BCUT2D eigenvalue weighted by atomic mass is 19.1. The molecular weight excluding hydrogens is 279 g/mol. The van der Waals surface area contributed by atoms with Crippen molar-refractivity contribution in [2.24, 2.45) is 0 Å². The van der Waals surface area contributed by atoms with Crippen molar-refractivity contribution in [2.45, 2.75) is 13.5 Å². The summed E-state index contributed by atoms with van der Waals surface area (Å²) in [7, 11) is 0. The van der Waals surface area contributed by atoms with Gasteiger partial charge in [0.2, 0.25) is 0 Å². The molecule has 0 unspecified atom stereocenters. The highest BCUT2D eigenvalue weighted by Crippen LogP contribution is 2.24. The summed E-state index contributed by atoms with van der Waals surface area (Å²) < 4.78 is 15.4. The van der Waals surface area contributed by atoms with Gasteiger partial charge in [-0.3, -0.25) is 4.79 Å². The highest BCUT2D eigenvalue weighted by Gasteiger charge is 2.13. The summed E-state index contributed by atoms with van der Waals surface area (Å²) in [4.78, 5) is 11.7. The van der Waals surface area contributed by atoms with Gasteiger partial charge in [0, 0.05) is 29.2 Å². The molecule has 0 radical (unpaired) electrons. The zero-order chi connectivity index (χ0) is 15.7. The van der Waals surface area contributed by atoms with Crippen LogP contribution in [0.2, 0.25) is 0 Å². The molecule has 3 rings (SSSR count). The van der Waals surface area contributed by atoms with Crippen molar-refractivity contribution in [2.75, 3.05) is 0 Å². The maximum atomic E-state index is 13.4. The van der Waals surface area contributed by atoms with Gasteiger partial charge in [0.15, 0.2) is 5.78 Å². The Morgan fingerprint density at radius 1 is 1.23 bits per heavy atom. The van der Waals surface area contributed by atoms with E-state index in [-0.39, 0.29) is 11.6 Å². The van der Waals surface area contributed by atoms with E-state index in [1.807, 2.05) is 16.7 Å². The van der Waals surface area contributed by atoms with Crippen molar-refractivity contribution in [1.82, 2.24) is 4.57 Å². The second-order valence-electron chi connectivity index (χ2n) is 5.20. The van der Waals surface area contributed by atoms with E-state index in [1.54, 1.807) is 24.4 Å². The minimum Gasteiger partial charge on any atom is -0.342 e. The van der Waals surface area contributed by atoms with Gasteiger partial charge in [-0.05, 0) is 42.8 Å². The van der Waals surface area contributed by atoms with Gasteiger partial charge in [-0.1, -0.05) is 12.1 Å². The van der Waals surface area contributed by atoms with E-state index in [0.29, 0.717) is 23.1 Å². The van der Waals surface area contributed by atoms with Crippen molar-refractivity contribution in [3.8, 4) is 6.07 Å². The van der Waals surface area contributed by atoms with Gasteiger partial charge in [0.25, 0.3) is 0 Å². The molecule has 3 nitrogen and oxygen atoms in total. The fraction of sp³-hybridized carbons (Fsp3) is 0.111. The average Bonchev–Trinajstić information content (AvgIpc) is 2.86. The average molecular weight is 292 g/mol. The Bertz CT molecular complexity index is 901. The lowest BCUT2D eigenvalue weighted by molar-refractivity contribution is 0.101. The first-order valence-electron chi connectivity index (χ1n) is 6.87. The maximum Gasteiger partial charge on any atom is 0.161 e. The quantitative estimate of drug-likeness (QED) is 0.687. The third-order valence-electron chi connectivity index (χ3n) is 3.66. The van der Waals surface area contributed by atoms with Crippen LogP contribution in [-0.2, 0) is 6.54 Å². The number of fused-ring (bicyclic) bond motifs is 1. The van der Waals surface area contributed by atoms with Crippen LogP contribution in [0.15, 0.2) is 48.7 Å². The summed E-state index contributed by atoms with van der Waals surface area (Å²) >= 11 is 0. The molecule has 22 heavy (non-hydrogen) atoms. The molecule has 0 spiro atoms. The first-order chi connectivity index (χ1) is 10.6. The van der Waals surface area contributed by atoms with Crippen LogP contribution in [0.25, 0.3) is 10.9 Å². The monoisotopic (exact) mass is 292 g/mol. The van der Waals surface area contributed by atoms with E-state index < -0.39 is 0 Å². The molecule has 0 saturated heterocycles. The Morgan fingerprint density at radius 3 is 2.59 bits per heavy atom. The van der Waals surface area contributed by atoms with Gasteiger partial charge in [0.1, 0.15) is 5.82 Å². The molecule has 108 valence electrons. The van der Waals surface area contributed by atoms with Crippen LogP contribution in [0.4, 0.5) is 4.39 Å². The first-order valence-corrected chi connectivity index (χ1v) is 6.87. The molecule has 0 aliphatic rings. The number of ketones is 1. The van der Waals surface area contributed by atoms with E-state index in [9.17, 15) is 9.18 Å². The summed E-state index contributed by atoms with van der Waals surface area (Å²) in [6.07, 6.45) is 1.75. The molecule has 1 heterocycles. The highest BCUT2D eigenvalue weighted by molar-refractivity contribution is 6.07.